The van der Waals surface area contributed by atoms with Gasteiger partial charge in [0.15, 0.2) is 0 Å². The van der Waals surface area contributed by atoms with E-state index in [2.05, 4.69) is 642 Å². The van der Waals surface area contributed by atoms with Crippen LogP contribution >= 0.6 is 0 Å². The Morgan fingerprint density at radius 3 is 0.732 bits per heavy atom. The fourth-order valence-electron chi connectivity index (χ4n) is 20.1. The molecule has 2 nitrogen and oxygen atoms in total. The van der Waals surface area contributed by atoms with Crippen molar-refractivity contribution in [2.24, 2.45) is 29.6 Å². The summed E-state index contributed by atoms with van der Waals surface area (Å²) in [6, 6.07) is 18.0. The first kappa shape index (κ1) is 111. The van der Waals surface area contributed by atoms with Crippen LogP contribution in [0.25, 0.3) is 11.1 Å². The Morgan fingerprint density at radius 2 is 0.483 bits per heavy atom. The summed E-state index contributed by atoms with van der Waals surface area (Å²) in [5, 5.41) is 0. The van der Waals surface area contributed by atoms with Gasteiger partial charge in [0.2, 0.25) is 0 Å². The molecule has 858 valence electrons. The van der Waals surface area contributed by atoms with Crippen LogP contribution in [0.15, 0.2) is 84.0 Å². The number of nitrogens with zero attached hydrogens (tertiary/aromatic N) is 2. The van der Waals surface area contributed by atoms with Crippen LogP contribution in [-0.4, -0.2) is 48.8 Å². The third-order valence-electron chi connectivity index (χ3n) is 24.1. The number of fused-ring (bicyclic) bond motifs is 8. The second-order valence-corrected chi connectivity index (χ2v) is 44.9. The van der Waals surface area contributed by atoms with Crippen LogP contribution < -0.4 is 0 Å². The summed E-state index contributed by atoms with van der Waals surface area (Å²) in [6.07, 6.45) is 46.7. The monoisotopic (exact) mass is 2090 g/mol. The standard InChI is InChI=1S/C73H43NSi.C72H41NSi.88H2/c1-9-11-13-15-17-19-21-23-25-27-29-31-33-35-37-39-41-43-45-52-58-73(59-53-46-44-42-40-38-36-34-32-30-28-26-24-22-20-18-16-14-12-10-2)69-57-51-50-56-66(69)68-61-64-60-63(3)71(67(64)62-70(68)73)75(7,8)74(72(4,5)6)65-54-48-47-49-55-65;1-8-10-12-14-16-18-20-22-24-26-28-30-32-34-36-38-40-42-44-51-59-72(60-52-45-43-41-39-37-35-33-31-29-27-25-23-21-19-17-15-13-11-9-2)68-56-50-49-55-65(68)67-61-63-57-58-70(66(63)62-69(67)72)74(6,7)73(71(3,4)5)64-53-47-46-48-54-64;;;;;;;;;;;;;;;;;;;;;;;;;;;;;;;;;;;;;;;;;;;;;;;;;;;;;;;;;;;;;;;;;;;;;;;;;;;;;;;;;;;;;;;;/h1-2,50-51,56-57,61-65,67,71H,47-49,54-55,60H2,3-8H3;1-2,49-50,55-56,61-64,66,70H,46-48,53-54,57-58H2,3-7H3;88*1H. The molecule has 4 heteroatoms. The van der Waals surface area contributed by atoms with E-state index < -0.39 is 27.3 Å². The van der Waals surface area contributed by atoms with E-state index in [4.69, 9.17) is 25.7 Å². The van der Waals surface area contributed by atoms with Crippen LogP contribution in [0.2, 0.25) is 37.3 Å². The highest BCUT2D eigenvalue weighted by molar-refractivity contribution is 6.77. The average Bonchev–Trinajstić information content (AvgIpc) is 1.55. The summed E-state index contributed by atoms with van der Waals surface area (Å²) in [6.45, 7) is 27.5. The third-order valence-corrected chi connectivity index (χ3v) is 33.8. The molecule has 149 heavy (non-hydrogen) atoms. The molecule has 2 aromatic rings. The van der Waals surface area contributed by atoms with Gasteiger partial charge in [-0.25, -0.2) is 0 Å². The van der Waals surface area contributed by atoms with E-state index in [1.807, 2.05) is 12.1 Å². The number of hydrogen-bond acceptors (Lipinski definition) is 2. The molecular formula is C145H260N2Si2. The Bertz CT molecular complexity index is 8990. The molecule has 0 spiro atoms. The van der Waals surface area contributed by atoms with Crippen molar-refractivity contribution in [2.75, 3.05) is 0 Å². The number of hydrogen-bond donors (Lipinski definition) is 0. The van der Waals surface area contributed by atoms with Gasteiger partial charge in [-0.3, -0.25) is 0 Å². The summed E-state index contributed by atoms with van der Waals surface area (Å²) in [5.41, 5.74) is 8.05. The minimum atomic E-state index is -2.08. The number of allylic oxidation sites excluding steroid dienone is 8. The highest BCUT2D eigenvalue weighted by Gasteiger charge is 2.58. The van der Waals surface area contributed by atoms with Crippen molar-refractivity contribution in [1.82, 2.24) is 9.13 Å². The third kappa shape index (κ3) is 34.7. The summed E-state index contributed by atoms with van der Waals surface area (Å²) < 4.78 is 6.02. The van der Waals surface area contributed by atoms with E-state index in [-0.39, 0.29) is 137 Å². The van der Waals surface area contributed by atoms with Crippen LogP contribution in [0.5, 0.6) is 0 Å². The Morgan fingerprint density at radius 1 is 0.262 bits per heavy atom. The Hall–Kier alpha value is -21.6. The minimum absolute atomic E-state index is 0. The quantitative estimate of drug-likeness (QED) is 0.210. The van der Waals surface area contributed by atoms with Crippen molar-refractivity contribution in [2.45, 2.75) is 203 Å². The van der Waals surface area contributed by atoms with E-state index in [1.165, 1.54) is 81.8 Å². The topological polar surface area (TPSA) is 6.48 Å². The normalized spacial score (nSPS) is 15.6. The van der Waals surface area contributed by atoms with Gasteiger partial charge < -0.3 is 9.13 Å². The molecule has 8 aliphatic rings. The zero-order valence-electron chi connectivity index (χ0n) is 84.5. The summed E-state index contributed by atoms with van der Waals surface area (Å²) in [7, 11) is -4.10. The van der Waals surface area contributed by atoms with E-state index in [0.29, 0.717) is 52.8 Å². The van der Waals surface area contributed by atoms with Gasteiger partial charge in [0.25, 0.3) is 0 Å². The SMILES string of the molecule is C#CC#CC#CC#CC#CC#CC#CC#CC#CC#CC#CC1(C#CC#CC#CC#CC#CC#CC#CC#CC#CC#CC#C)C2=CC3C(C=C2c2ccccc21)CC(C)C3[Si](C)(C)N(C1CCCCC1)C(C)(C)C.C#CC#CC#CC#CC#CC#CC#CC#CC#CC#CC#CC1(C#CC#CC#CC#CC#CC#CC#CC#CC#CC#CC#C)C2=CC3C(C=C2c2ccccc21)CCC3[Si](C)(C)N(C1CCCCC1)C(C)(C)C.[HH].[HH].[HH].[HH].[HH].[HH].[HH].[HH].[HH].[HH].[HH].[HH].[HH].[HH].[HH].[HH].[HH].[HH].[HH].[HH].[HH].[HH].[HH].[HH].[HH].[HH].[HH].[HH].[HH].[HH].[HH].[HH].[HH].[HH].[HH].[HH].[HH].[HH].[HH].[HH].[HH].[HH].[HH].[HH].[HH].[HH].[HH].[HH].[HH].[HH].[HH].[HH].[HH].[HH].[HH].[HH].[HH].[HH].[HH].[HH].[HH].[HH].[HH].[HH].[HH].[HH].[HH].[HH].[HH].[HH].[HH].[HH].[HH].[HH].[HH].[HH].[HH].[HH].[HH].[HH].[HH].[HH].[HH].[HH].[HH].[HH].[HH].[HH]. The summed E-state index contributed by atoms with van der Waals surface area (Å²) >= 11 is 0. The number of terminal acetylenes is 4. The molecule has 4 fully saturated rings. The summed E-state index contributed by atoms with van der Waals surface area (Å²) in [4.78, 5) is 0. The molecular weight excluding hydrogens is 1830 g/mol. The lowest BCUT2D eigenvalue weighted by Gasteiger charge is -2.56. The van der Waals surface area contributed by atoms with Crippen molar-refractivity contribution < 1.29 is 126 Å². The van der Waals surface area contributed by atoms with Gasteiger partial charge in [-0.05, 0) is 544 Å². The van der Waals surface area contributed by atoms with Gasteiger partial charge in [-0.2, -0.15) is 0 Å². The van der Waals surface area contributed by atoms with Crippen molar-refractivity contribution in [3.05, 3.63) is 106 Å². The first-order chi connectivity index (χ1) is 72.7. The van der Waals surface area contributed by atoms with E-state index in [1.54, 1.807) is 0 Å². The van der Waals surface area contributed by atoms with Crippen molar-refractivity contribution in [3.8, 4) is 523 Å². The molecule has 0 heterocycles. The lowest BCUT2D eigenvalue weighted by molar-refractivity contribution is 0.138. The van der Waals surface area contributed by atoms with Gasteiger partial charge >= 0.3 is 0 Å². The predicted molar refractivity (Wildman–Crippen MR) is 797 cm³/mol. The largest absolute Gasteiger partial charge is 0.316 e. The van der Waals surface area contributed by atoms with Crippen molar-refractivity contribution >= 4 is 27.6 Å². The zero-order chi connectivity index (χ0) is 106. The van der Waals surface area contributed by atoms with Crippen LogP contribution in [0.3, 0.4) is 0 Å². The Kier molecular flexibility index (Phi) is 45.5. The molecule has 0 aromatic heterocycles. The highest BCUT2D eigenvalue weighted by Crippen LogP contribution is 2.63. The van der Waals surface area contributed by atoms with Crippen LogP contribution in [0.1, 0.15) is 280 Å². The smallest absolute Gasteiger partial charge is 0.144 e. The van der Waals surface area contributed by atoms with Gasteiger partial charge in [0.1, 0.15) is 27.3 Å². The first-order valence-corrected chi connectivity index (χ1v) is 53.3. The molecule has 7 unspecified atom stereocenters. The zero-order valence-corrected chi connectivity index (χ0v) is 86.5. The molecule has 0 N–H and O–H groups in total. The molecule has 2 aromatic carbocycles. The maximum Gasteiger partial charge on any atom is 0.144 e. The Balaban J connectivity index is -0.0000000194. The summed E-state index contributed by atoms with van der Waals surface area (Å²) in [5.74, 6) is 225. The van der Waals surface area contributed by atoms with Crippen LogP contribution in [-0.2, 0) is 10.8 Å². The van der Waals surface area contributed by atoms with Gasteiger partial charge in [0.05, 0.1) is 0 Å². The predicted octanol–water partition coefficient (Wildman–Crippen LogP) is 37.2. The molecule has 4 saturated carbocycles. The molecule has 7 atom stereocenters. The van der Waals surface area contributed by atoms with Crippen LogP contribution in [0, 0.1) is 553 Å². The van der Waals surface area contributed by atoms with Crippen LogP contribution in [0.4, 0.5) is 0 Å². The van der Waals surface area contributed by atoms with E-state index >= 15 is 0 Å². The molecule has 0 bridgehead atoms. The number of benzene rings is 2. The van der Waals surface area contributed by atoms with Crippen molar-refractivity contribution in [3.63, 3.8) is 0 Å². The number of rotatable bonds is 6. The minimum Gasteiger partial charge on any atom is -0.316 e. The molecule has 8 aliphatic carbocycles. The lowest BCUT2D eigenvalue weighted by atomic mass is 9.74. The molecule has 0 amide bonds. The molecule has 10 rings (SSSR count). The lowest BCUT2D eigenvalue weighted by Crippen LogP contribution is -2.65. The van der Waals surface area contributed by atoms with Gasteiger partial charge in [-0.1, -0.05) is 175 Å². The highest BCUT2D eigenvalue weighted by atomic mass is 28.3. The van der Waals surface area contributed by atoms with Gasteiger partial charge in [-0.15, -0.1) is 25.7 Å². The van der Waals surface area contributed by atoms with E-state index in [0.717, 1.165) is 46.2 Å². The second kappa shape index (κ2) is 61.1. The fourth-order valence-corrected chi connectivity index (χ4v) is 31.6. The average molecular weight is 2090 g/mol. The molecule has 0 radical (unpaired) electrons. The van der Waals surface area contributed by atoms with E-state index in [9.17, 15) is 0 Å². The second-order valence-electron chi connectivity index (χ2n) is 35.9. The molecule has 0 aliphatic heterocycles. The fraction of sp³-hybridized carbons (Fsp3) is 0.255. The maximum atomic E-state index is 5.03. The Labute approximate surface area is 1020 Å². The maximum absolute atomic E-state index is 5.03. The van der Waals surface area contributed by atoms with Gasteiger partial charge in [0, 0.05) is 243 Å². The van der Waals surface area contributed by atoms with Crippen molar-refractivity contribution in [1.29, 1.82) is 0 Å². The first-order valence-electron chi connectivity index (χ1n) is 47.3. The molecule has 0 saturated heterocycles.